The Morgan fingerprint density at radius 2 is 1.97 bits per heavy atom. The van der Waals surface area contributed by atoms with Crippen LogP contribution in [-0.4, -0.2) is 31.8 Å². The zero-order chi connectivity index (χ0) is 20.2. The van der Waals surface area contributed by atoms with Crippen LogP contribution in [0.25, 0.3) is 22.3 Å². The summed E-state index contributed by atoms with van der Waals surface area (Å²) in [7, 11) is 0. The summed E-state index contributed by atoms with van der Waals surface area (Å²) < 4.78 is 17.2. The van der Waals surface area contributed by atoms with E-state index < -0.39 is 0 Å². The first-order valence-electron chi connectivity index (χ1n) is 9.76. The van der Waals surface area contributed by atoms with Crippen LogP contribution in [0.15, 0.2) is 57.7 Å². The number of ether oxygens (including phenoxy) is 2. The Morgan fingerprint density at radius 1 is 1.17 bits per heavy atom. The van der Waals surface area contributed by atoms with Crippen molar-refractivity contribution in [1.82, 2.24) is 5.32 Å². The van der Waals surface area contributed by atoms with Crippen LogP contribution in [0.5, 0.6) is 5.75 Å². The molecule has 6 heteroatoms. The van der Waals surface area contributed by atoms with Crippen molar-refractivity contribution in [2.45, 2.75) is 25.9 Å². The van der Waals surface area contributed by atoms with Crippen molar-refractivity contribution in [2.75, 3.05) is 19.8 Å². The fourth-order valence-corrected chi connectivity index (χ4v) is 3.37. The number of nitrogens with one attached hydrogen (secondary N) is 1. The van der Waals surface area contributed by atoms with Crippen LogP contribution in [0.1, 0.15) is 18.4 Å². The summed E-state index contributed by atoms with van der Waals surface area (Å²) in [6.07, 6.45) is 2.00. The lowest BCUT2D eigenvalue weighted by molar-refractivity contribution is -0.123. The molecule has 0 bridgehead atoms. The monoisotopic (exact) mass is 393 g/mol. The zero-order valence-corrected chi connectivity index (χ0v) is 16.3. The molecule has 1 saturated heterocycles. The number of carbonyl (C=O) groups excluding carboxylic acids is 1. The number of fused-ring (bicyclic) bond motifs is 1. The summed E-state index contributed by atoms with van der Waals surface area (Å²) in [5.74, 6) is 0.0587. The molecule has 3 aromatic rings. The van der Waals surface area contributed by atoms with Crippen LogP contribution in [-0.2, 0) is 9.53 Å². The number of hydrogen-bond donors (Lipinski definition) is 1. The van der Waals surface area contributed by atoms with Crippen molar-refractivity contribution in [2.24, 2.45) is 0 Å². The second-order valence-electron chi connectivity index (χ2n) is 7.18. The minimum atomic E-state index is -0.303. The van der Waals surface area contributed by atoms with E-state index in [1.54, 1.807) is 18.2 Å². The van der Waals surface area contributed by atoms with Crippen LogP contribution in [0.3, 0.4) is 0 Å². The molecule has 4 rings (SSSR count). The molecule has 1 aliphatic heterocycles. The van der Waals surface area contributed by atoms with E-state index in [4.69, 9.17) is 13.9 Å². The molecule has 0 saturated carbocycles. The molecule has 2 aromatic carbocycles. The molecule has 0 unspecified atom stereocenters. The molecule has 0 radical (unpaired) electrons. The van der Waals surface area contributed by atoms with Crippen molar-refractivity contribution in [3.8, 4) is 17.1 Å². The predicted octanol–water partition coefficient (Wildman–Crippen LogP) is 3.44. The van der Waals surface area contributed by atoms with Gasteiger partial charge in [-0.3, -0.25) is 9.59 Å². The SMILES string of the molecule is Cc1ccc(-c2oc3ccccc3c(=O)c2OCC(=O)NC[C@H]2CCCO2)cc1. The number of rotatable bonds is 6. The Hall–Kier alpha value is -3.12. The van der Waals surface area contributed by atoms with Gasteiger partial charge in [0, 0.05) is 18.7 Å². The maximum atomic E-state index is 13.0. The van der Waals surface area contributed by atoms with E-state index in [-0.39, 0.29) is 29.8 Å². The van der Waals surface area contributed by atoms with Crippen LogP contribution < -0.4 is 15.5 Å². The normalized spacial score (nSPS) is 16.1. The van der Waals surface area contributed by atoms with Gasteiger partial charge < -0.3 is 19.2 Å². The van der Waals surface area contributed by atoms with Crippen molar-refractivity contribution >= 4 is 16.9 Å². The molecule has 1 aromatic heterocycles. The van der Waals surface area contributed by atoms with Gasteiger partial charge in [0.25, 0.3) is 5.91 Å². The van der Waals surface area contributed by atoms with Crippen LogP contribution >= 0.6 is 0 Å². The van der Waals surface area contributed by atoms with E-state index in [1.807, 2.05) is 37.3 Å². The summed E-state index contributed by atoms with van der Waals surface area (Å²) in [4.78, 5) is 25.2. The van der Waals surface area contributed by atoms with Crippen LogP contribution in [0.2, 0.25) is 0 Å². The number of aryl methyl sites for hydroxylation is 1. The first-order chi connectivity index (χ1) is 14.1. The molecule has 150 valence electrons. The van der Waals surface area contributed by atoms with Gasteiger partial charge in [0.1, 0.15) is 5.58 Å². The van der Waals surface area contributed by atoms with E-state index in [2.05, 4.69) is 5.32 Å². The standard InChI is InChI=1S/C23H23NO5/c1-15-8-10-16(11-9-15)22-23(21(26)18-6-2-3-7-19(18)29-22)28-14-20(25)24-13-17-5-4-12-27-17/h2-3,6-11,17H,4-5,12-14H2,1H3,(H,24,25)/t17-/m1/s1. The lowest BCUT2D eigenvalue weighted by atomic mass is 10.1. The number of benzene rings is 2. The molecule has 1 N–H and O–H groups in total. The van der Waals surface area contributed by atoms with Gasteiger partial charge in [-0.25, -0.2) is 0 Å². The summed E-state index contributed by atoms with van der Waals surface area (Å²) in [5.41, 5.74) is 1.98. The van der Waals surface area contributed by atoms with Gasteiger partial charge in [-0.2, -0.15) is 0 Å². The van der Waals surface area contributed by atoms with Gasteiger partial charge >= 0.3 is 0 Å². The largest absolute Gasteiger partial charge is 0.476 e. The van der Waals surface area contributed by atoms with E-state index in [0.717, 1.165) is 25.0 Å². The van der Waals surface area contributed by atoms with E-state index in [0.29, 0.717) is 28.8 Å². The smallest absolute Gasteiger partial charge is 0.258 e. The predicted molar refractivity (Wildman–Crippen MR) is 110 cm³/mol. The fraction of sp³-hybridized carbons (Fsp3) is 0.304. The molecular weight excluding hydrogens is 370 g/mol. The minimum Gasteiger partial charge on any atom is -0.476 e. The second kappa shape index (κ2) is 8.49. The first kappa shape index (κ1) is 19.2. The van der Waals surface area contributed by atoms with Gasteiger partial charge in [-0.15, -0.1) is 0 Å². The second-order valence-corrected chi connectivity index (χ2v) is 7.18. The minimum absolute atomic E-state index is 0.0415. The summed E-state index contributed by atoms with van der Waals surface area (Å²) in [6.45, 7) is 2.89. The number of para-hydroxylation sites is 1. The Kier molecular flexibility index (Phi) is 5.62. The number of carbonyl (C=O) groups is 1. The highest BCUT2D eigenvalue weighted by molar-refractivity contribution is 5.82. The van der Waals surface area contributed by atoms with E-state index >= 15 is 0 Å². The van der Waals surface area contributed by atoms with Crippen molar-refractivity contribution in [3.63, 3.8) is 0 Å². The fourth-order valence-electron chi connectivity index (χ4n) is 3.37. The summed E-state index contributed by atoms with van der Waals surface area (Å²) >= 11 is 0. The Labute approximate surface area is 168 Å². The average Bonchev–Trinajstić information content (AvgIpc) is 3.26. The molecule has 2 heterocycles. The Morgan fingerprint density at radius 3 is 2.72 bits per heavy atom. The summed E-state index contributed by atoms with van der Waals surface area (Å²) in [6, 6.07) is 14.6. The first-order valence-corrected chi connectivity index (χ1v) is 9.76. The quantitative estimate of drug-likeness (QED) is 0.694. The lowest BCUT2D eigenvalue weighted by Crippen LogP contribution is -2.35. The molecule has 0 aliphatic carbocycles. The van der Waals surface area contributed by atoms with Gasteiger partial charge in [-0.05, 0) is 31.9 Å². The number of amides is 1. The Balaban J connectivity index is 1.60. The van der Waals surface area contributed by atoms with Gasteiger partial charge in [-0.1, -0.05) is 42.0 Å². The lowest BCUT2D eigenvalue weighted by Gasteiger charge is -2.13. The third-order valence-electron chi connectivity index (χ3n) is 4.97. The van der Waals surface area contributed by atoms with Crippen molar-refractivity contribution in [3.05, 3.63) is 64.3 Å². The van der Waals surface area contributed by atoms with E-state index in [1.165, 1.54) is 0 Å². The topological polar surface area (TPSA) is 77.8 Å². The maximum Gasteiger partial charge on any atom is 0.258 e. The maximum absolute atomic E-state index is 13.0. The summed E-state index contributed by atoms with van der Waals surface area (Å²) in [5, 5.41) is 3.21. The zero-order valence-electron chi connectivity index (χ0n) is 16.3. The highest BCUT2D eigenvalue weighted by Crippen LogP contribution is 2.31. The molecule has 0 spiro atoms. The van der Waals surface area contributed by atoms with E-state index in [9.17, 15) is 9.59 Å². The van der Waals surface area contributed by atoms with Gasteiger partial charge in [0.15, 0.2) is 12.4 Å². The molecule has 1 atom stereocenters. The van der Waals surface area contributed by atoms with Crippen molar-refractivity contribution < 1.29 is 18.7 Å². The third-order valence-corrected chi connectivity index (χ3v) is 4.97. The molecule has 1 aliphatic rings. The highest BCUT2D eigenvalue weighted by Gasteiger charge is 2.20. The molecule has 1 amide bonds. The Bertz CT molecular complexity index is 1060. The molecule has 29 heavy (non-hydrogen) atoms. The third kappa shape index (κ3) is 4.32. The van der Waals surface area contributed by atoms with Crippen LogP contribution in [0.4, 0.5) is 0 Å². The van der Waals surface area contributed by atoms with Gasteiger partial charge in [0.05, 0.1) is 11.5 Å². The number of hydrogen-bond acceptors (Lipinski definition) is 5. The molecular formula is C23H23NO5. The molecule has 6 nitrogen and oxygen atoms in total. The van der Waals surface area contributed by atoms with Gasteiger partial charge in [0.2, 0.25) is 11.2 Å². The van der Waals surface area contributed by atoms with Crippen molar-refractivity contribution in [1.29, 1.82) is 0 Å². The highest BCUT2D eigenvalue weighted by atomic mass is 16.5. The average molecular weight is 393 g/mol. The van der Waals surface area contributed by atoms with Crippen LogP contribution in [0, 0.1) is 6.92 Å². The molecule has 1 fully saturated rings.